The van der Waals surface area contributed by atoms with E-state index in [9.17, 15) is 9.90 Å². The fourth-order valence-corrected chi connectivity index (χ4v) is 1.93. The predicted octanol–water partition coefficient (Wildman–Crippen LogP) is 2.81. The summed E-state index contributed by atoms with van der Waals surface area (Å²) in [5.41, 5.74) is 0.862. The highest BCUT2D eigenvalue weighted by Crippen LogP contribution is 2.19. The molecule has 112 valence electrons. The fraction of sp³-hybridized carbons (Fsp3) is 0.562. The summed E-state index contributed by atoms with van der Waals surface area (Å²) in [5.74, 6) is 0.535. The van der Waals surface area contributed by atoms with Crippen LogP contribution in [0.4, 0.5) is 0 Å². The average molecular weight is 279 g/mol. The Bertz CT molecular complexity index is 399. The Kier molecular flexibility index (Phi) is 7.09. The minimum absolute atomic E-state index is 0.0200. The molecule has 0 spiro atoms. The van der Waals surface area contributed by atoms with E-state index in [1.165, 1.54) is 0 Å². The van der Waals surface area contributed by atoms with Gasteiger partial charge in [-0.2, -0.15) is 0 Å². The molecule has 1 atom stereocenters. The largest absolute Gasteiger partial charge is 0.484 e. The Morgan fingerprint density at radius 2 is 1.75 bits per heavy atom. The second-order valence-electron chi connectivity index (χ2n) is 4.86. The van der Waals surface area contributed by atoms with Gasteiger partial charge in [0, 0.05) is 6.04 Å². The Balaban J connectivity index is 2.43. The zero-order valence-corrected chi connectivity index (χ0v) is 12.6. The van der Waals surface area contributed by atoms with Gasteiger partial charge in [-0.15, -0.1) is 0 Å². The van der Waals surface area contributed by atoms with Gasteiger partial charge < -0.3 is 15.2 Å². The third-order valence-corrected chi connectivity index (χ3v) is 3.37. The van der Waals surface area contributed by atoms with E-state index in [-0.39, 0.29) is 18.6 Å². The maximum absolute atomic E-state index is 11.7. The van der Waals surface area contributed by atoms with Crippen LogP contribution in [0.15, 0.2) is 24.3 Å². The maximum Gasteiger partial charge on any atom is 0.258 e. The highest BCUT2D eigenvalue weighted by Gasteiger charge is 2.09. The molecule has 0 aliphatic rings. The number of ether oxygens (including phenoxy) is 1. The second kappa shape index (κ2) is 8.59. The van der Waals surface area contributed by atoms with Crippen molar-refractivity contribution in [3.05, 3.63) is 29.8 Å². The Morgan fingerprint density at radius 1 is 1.15 bits per heavy atom. The van der Waals surface area contributed by atoms with Crippen LogP contribution < -0.4 is 10.1 Å². The van der Waals surface area contributed by atoms with Gasteiger partial charge >= 0.3 is 0 Å². The highest BCUT2D eigenvalue weighted by molar-refractivity contribution is 5.77. The molecule has 0 fully saturated rings. The summed E-state index contributed by atoms with van der Waals surface area (Å²) in [6, 6.07) is 7.41. The summed E-state index contributed by atoms with van der Waals surface area (Å²) in [7, 11) is 0. The first-order valence-electron chi connectivity index (χ1n) is 7.30. The zero-order valence-electron chi connectivity index (χ0n) is 12.6. The van der Waals surface area contributed by atoms with Gasteiger partial charge in [0.05, 0.1) is 6.10 Å². The van der Waals surface area contributed by atoms with Crippen molar-refractivity contribution >= 4 is 5.91 Å². The molecule has 0 saturated heterocycles. The van der Waals surface area contributed by atoms with Gasteiger partial charge in [-0.05, 0) is 37.0 Å². The van der Waals surface area contributed by atoms with Crippen LogP contribution in [0.25, 0.3) is 0 Å². The Morgan fingerprint density at radius 3 is 2.25 bits per heavy atom. The normalized spacial score (nSPS) is 12.2. The van der Waals surface area contributed by atoms with E-state index >= 15 is 0 Å². The first kappa shape index (κ1) is 16.5. The first-order valence-corrected chi connectivity index (χ1v) is 7.30. The quantitative estimate of drug-likeness (QED) is 0.769. The number of hydrogen-bond donors (Lipinski definition) is 2. The van der Waals surface area contributed by atoms with Crippen molar-refractivity contribution in [2.24, 2.45) is 0 Å². The number of nitrogens with one attached hydrogen (secondary N) is 1. The molecule has 0 aliphatic carbocycles. The second-order valence-corrected chi connectivity index (χ2v) is 4.86. The van der Waals surface area contributed by atoms with E-state index in [4.69, 9.17) is 4.74 Å². The van der Waals surface area contributed by atoms with Gasteiger partial charge in [0.15, 0.2) is 6.61 Å². The van der Waals surface area contributed by atoms with Gasteiger partial charge in [0.25, 0.3) is 5.91 Å². The van der Waals surface area contributed by atoms with Gasteiger partial charge in [0.2, 0.25) is 0 Å². The summed E-state index contributed by atoms with van der Waals surface area (Å²) in [6.07, 6.45) is 2.08. The molecule has 0 saturated carbocycles. The molecular formula is C16H25NO3. The molecule has 1 amide bonds. The van der Waals surface area contributed by atoms with Crippen LogP contribution in [0.5, 0.6) is 5.75 Å². The molecule has 0 aromatic heterocycles. The van der Waals surface area contributed by atoms with E-state index in [0.717, 1.165) is 18.4 Å². The molecule has 0 bridgehead atoms. The summed E-state index contributed by atoms with van der Waals surface area (Å²) in [4.78, 5) is 11.7. The van der Waals surface area contributed by atoms with Crippen molar-refractivity contribution in [2.75, 3.05) is 6.61 Å². The molecular weight excluding hydrogens is 254 g/mol. The van der Waals surface area contributed by atoms with Crippen molar-refractivity contribution in [3.8, 4) is 5.75 Å². The Labute approximate surface area is 121 Å². The number of rotatable bonds is 8. The van der Waals surface area contributed by atoms with E-state index in [1.807, 2.05) is 32.9 Å². The lowest BCUT2D eigenvalue weighted by atomic mass is 10.1. The molecule has 1 aromatic carbocycles. The van der Waals surface area contributed by atoms with Gasteiger partial charge in [0.1, 0.15) is 5.75 Å². The first-order chi connectivity index (χ1) is 9.60. The predicted molar refractivity (Wildman–Crippen MR) is 79.7 cm³/mol. The number of aliphatic hydroxyl groups is 1. The average Bonchev–Trinajstić information content (AvgIpc) is 2.50. The summed E-state index contributed by atoms with van der Waals surface area (Å²) in [5, 5.41) is 12.6. The topological polar surface area (TPSA) is 58.6 Å². The molecule has 0 radical (unpaired) electrons. The maximum atomic E-state index is 11.7. The fourth-order valence-electron chi connectivity index (χ4n) is 1.93. The van der Waals surface area contributed by atoms with Crippen LogP contribution in [0.3, 0.4) is 0 Å². The standard InChI is InChI=1S/C16H25NO3/c1-4-13(5-2)17-16(19)11-20-14-9-7-12(8-10-14)15(18)6-3/h7-10,13,15,18H,4-6,11H2,1-3H3,(H,17,19)/t15-/m1/s1. The van der Waals surface area contributed by atoms with Crippen molar-refractivity contribution < 1.29 is 14.6 Å². The van der Waals surface area contributed by atoms with Crippen molar-refractivity contribution in [2.45, 2.75) is 52.2 Å². The number of aliphatic hydroxyl groups excluding tert-OH is 1. The Hall–Kier alpha value is -1.55. The summed E-state index contributed by atoms with van der Waals surface area (Å²) in [6.45, 7) is 6.05. The van der Waals surface area contributed by atoms with Crippen molar-refractivity contribution in [1.82, 2.24) is 5.32 Å². The van der Waals surface area contributed by atoms with E-state index in [0.29, 0.717) is 12.2 Å². The van der Waals surface area contributed by atoms with Crippen LogP contribution in [0.2, 0.25) is 0 Å². The third-order valence-electron chi connectivity index (χ3n) is 3.37. The van der Waals surface area contributed by atoms with E-state index in [1.54, 1.807) is 12.1 Å². The van der Waals surface area contributed by atoms with Gasteiger partial charge in [-0.3, -0.25) is 4.79 Å². The third kappa shape index (κ3) is 5.21. The summed E-state index contributed by atoms with van der Waals surface area (Å²) < 4.78 is 5.43. The minimum atomic E-state index is -0.442. The van der Waals surface area contributed by atoms with Crippen LogP contribution in [-0.4, -0.2) is 23.7 Å². The van der Waals surface area contributed by atoms with Gasteiger partial charge in [-0.25, -0.2) is 0 Å². The molecule has 20 heavy (non-hydrogen) atoms. The minimum Gasteiger partial charge on any atom is -0.484 e. The molecule has 0 unspecified atom stereocenters. The highest BCUT2D eigenvalue weighted by atomic mass is 16.5. The number of benzene rings is 1. The number of hydrogen-bond acceptors (Lipinski definition) is 3. The lowest BCUT2D eigenvalue weighted by molar-refractivity contribution is -0.123. The molecule has 1 aromatic rings. The molecule has 4 heteroatoms. The smallest absolute Gasteiger partial charge is 0.258 e. The zero-order chi connectivity index (χ0) is 15.0. The van der Waals surface area contributed by atoms with E-state index < -0.39 is 6.10 Å². The lowest BCUT2D eigenvalue weighted by Gasteiger charge is -2.15. The van der Waals surface area contributed by atoms with Crippen LogP contribution in [0.1, 0.15) is 51.7 Å². The monoisotopic (exact) mass is 279 g/mol. The summed E-state index contributed by atoms with van der Waals surface area (Å²) >= 11 is 0. The van der Waals surface area contributed by atoms with Crippen LogP contribution >= 0.6 is 0 Å². The number of amides is 1. The number of carbonyl (C=O) groups excluding carboxylic acids is 1. The van der Waals surface area contributed by atoms with E-state index in [2.05, 4.69) is 5.32 Å². The SMILES string of the molecule is CCC(CC)NC(=O)COc1ccc([C@H](O)CC)cc1. The molecule has 0 heterocycles. The van der Waals surface area contributed by atoms with Crippen molar-refractivity contribution in [3.63, 3.8) is 0 Å². The number of carbonyl (C=O) groups is 1. The van der Waals surface area contributed by atoms with Crippen LogP contribution in [0, 0.1) is 0 Å². The molecule has 4 nitrogen and oxygen atoms in total. The van der Waals surface area contributed by atoms with Crippen LogP contribution in [-0.2, 0) is 4.79 Å². The molecule has 0 aliphatic heterocycles. The lowest BCUT2D eigenvalue weighted by Crippen LogP contribution is -2.37. The van der Waals surface area contributed by atoms with Gasteiger partial charge in [-0.1, -0.05) is 32.9 Å². The molecule has 1 rings (SSSR count). The van der Waals surface area contributed by atoms with Crippen molar-refractivity contribution in [1.29, 1.82) is 0 Å². The molecule has 2 N–H and O–H groups in total.